The van der Waals surface area contributed by atoms with Crippen LogP contribution in [0.2, 0.25) is 0 Å². The minimum atomic E-state index is -1.00. The van der Waals surface area contributed by atoms with Crippen molar-refractivity contribution in [2.75, 3.05) is 0 Å². The number of nitrogens with one attached hydrogen (secondary N) is 1. The first-order valence-corrected chi connectivity index (χ1v) is 5.90. The van der Waals surface area contributed by atoms with E-state index in [0.717, 1.165) is 0 Å². The van der Waals surface area contributed by atoms with Crippen LogP contribution in [0.1, 0.15) is 26.7 Å². The average Bonchev–Trinajstić information content (AvgIpc) is 2.85. The van der Waals surface area contributed by atoms with Crippen LogP contribution in [0.25, 0.3) is 0 Å². The van der Waals surface area contributed by atoms with Crippen molar-refractivity contribution in [3.05, 3.63) is 12.4 Å². The summed E-state index contributed by atoms with van der Waals surface area (Å²) in [5, 5.41) is 18.9. The molecule has 0 bridgehead atoms. The summed E-state index contributed by atoms with van der Waals surface area (Å²) in [6, 6.07) is -0.835. The molecule has 2 atom stereocenters. The number of aromatic nitrogens is 3. The predicted octanol–water partition coefficient (Wildman–Crippen LogP) is 0.284. The molecule has 0 saturated carbocycles. The second-order valence-corrected chi connectivity index (χ2v) is 4.19. The molecule has 100 valence electrons. The smallest absolute Gasteiger partial charge is 0.326 e. The minimum absolute atomic E-state index is 0.0992. The van der Waals surface area contributed by atoms with E-state index in [2.05, 4.69) is 15.6 Å². The number of aliphatic carboxylic acids is 1. The molecule has 0 saturated heterocycles. The predicted molar refractivity (Wildman–Crippen MR) is 63.7 cm³/mol. The number of rotatable bonds is 7. The number of carboxylic acids is 1. The highest BCUT2D eigenvalue weighted by Crippen LogP contribution is 2.08. The van der Waals surface area contributed by atoms with Crippen LogP contribution in [-0.2, 0) is 16.1 Å². The van der Waals surface area contributed by atoms with Crippen molar-refractivity contribution in [3.63, 3.8) is 0 Å². The zero-order valence-electron chi connectivity index (χ0n) is 10.5. The highest BCUT2D eigenvalue weighted by atomic mass is 16.4. The van der Waals surface area contributed by atoms with E-state index in [1.54, 1.807) is 13.1 Å². The summed E-state index contributed by atoms with van der Waals surface area (Å²) in [6.07, 6.45) is 4.05. The Morgan fingerprint density at radius 2 is 2.22 bits per heavy atom. The van der Waals surface area contributed by atoms with E-state index in [1.165, 1.54) is 10.9 Å². The van der Waals surface area contributed by atoms with E-state index in [4.69, 9.17) is 5.11 Å². The van der Waals surface area contributed by atoms with Gasteiger partial charge in [0.1, 0.15) is 6.04 Å². The number of carbonyl (C=O) groups is 2. The minimum Gasteiger partial charge on any atom is -0.480 e. The normalized spacial score (nSPS) is 13.9. The summed E-state index contributed by atoms with van der Waals surface area (Å²) in [4.78, 5) is 22.7. The molecular formula is C11H18N4O3. The van der Waals surface area contributed by atoms with Gasteiger partial charge in [0.15, 0.2) is 0 Å². The molecule has 0 aliphatic heterocycles. The molecule has 1 rings (SSSR count). The van der Waals surface area contributed by atoms with E-state index in [1.807, 2.05) is 6.92 Å². The van der Waals surface area contributed by atoms with E-state index >= 15 is 0 Å². The quantitative estimate of drug-likeness (QED) is 0.728. The van der Waals surface area contributed by atoms with Crippen LogP contribution >= 0.6 is 0 Å². The molecule has 0 aliphatic carbocycles. The monoisotopic (exact) mass is 254 g/mol. The summed E-state index contributed by atoms with van der Waals surface area (Å²) in [7, 11) is 0. The van der Waals surface area contributed by atoms with E-state index in [0.29, 0.717) is 13.0 Å². The third-order valence-electron chi connectivity index (χ3n) is 2.84. The van der Waals surface area contributed by atoms with Crippen LogP contribution in [-0.4, -0.2) is 38.0 Å². The van der Waals surface area contributed by atoms with Crippen molar-refractivity contribution in [1.82, 2.24) is 20.3 Å². The van der Waals surface area contributed by atoms with Crippen molar-refractivity contribution in [2.45, 2.75) is 39.3 Å². The Hall–Kier alpha value is -1.92. The Morgan fingerprint density at radius 1 is 1.50 bits per heavy atom. The van der Waals surface area contributed by atoms with Crippen molar-refractivity contribution in [2.24, 2.45) is 5.92 Å². The van der Waals surface area contributed by atoms with Gasteiger partial charge in [-0.2, -0.15) is 0 Å². The second kappa shape index (κ2) is 6.73. The van der Waals surface area contributed by atoms with Crippen LogP contribution in [0.4, 0.5) is 0 Å². The molecule has 1 aromatic rings. The maximum atomic E-state index is 11.6. The van der Waals surface area contributed by atoms with Gasteiger partial charge in [-0.3, -0.25) is 9.48 Å². The maximum absolute atomic E-state index is 11.6. The van der Waals surface area contributed by atoms with Crippen molar-refractivity contribution in [3.8, 4) is 0 Å². The van der Waals surface area contributed by atoms with Gasteiger partial charge in [0.2, 0.25) is 5.91 Å². The van der Waals surface area contributed by atoms with Crippen LogP contribution < -0.4 is 5.32 Å². The van der Waals surface area contributed by atoms with E-state index in [-0.39, 0.29) is 18.2 Å². The lowest BCUT2D eigenvalue weighted by atomic mass is 9.99. The molecule has 2 N–H and O–H groups in total. The number of nitrogens with zero attached hydrogens (tertiary/aromatic N) is 3. The summed E-state index contributed by atoms with van der Waals surface area (Å²) in [5.74, 6) is -1.39. The summed E-state index contributed by atoms with van der Waals surface area (Å²) in [5.41, 5.74) is 0. The standard InChI is InChI=1S/C11H18N4O3/c1-3-8(2)10(11(17)18)13-9(16)4-6-15-7-5-12-14-15/h5,7-8,10H,3-4,6H2,1-2H3,(H,13,16)(H,17,18). The summed E-state index contributed by atoms with van der Waals surface area (Å²) < 4.78 is 1.53. The fourth-order valence-corrected chi connectivity index (χ4v) is 1.50. The zero-order chi connectivity index (χ0) is 13.5. The fourth-order valence-electron chi connectivity index (χ4n) is 1.50. The van der Waals surface area contributed by atoms with Gasteiger partial charge >= 0.3 is 5.97 Å². The van der Waals surface area contributed by atoms with E-state index in [9.17, 15) is 9.59 Å². The largest absolute Gasteiger partial charge is 0.480 e. The molecule has 1 aromatic heterocycles. The van der Waals surface area contributed by atoms with Crippen LogP contribution in [0.3, 0.4) is 0 Å². The molecule has 0 aliphatic rings. The molecule has 2 unspecified atom stereocenters. The van der Waals surface area contributed by atoms with E-state index < -0.39 is 12.0 Å². The Labute approximate surface area is 105 Å². The van der Waals surface area contributed by atoms with Crippen LogP contribution in [0, 0.1) is 5.92 Å². The van der Waals surface area contributed by atoms with Crippen molar-refractivity contribution in [1.29, 1.82) is 0 Å². The highest BCUT2D eigenvalue weighted by Gasteiger charge is 2.24. The lowest BCUT2D eigenvalue weighted by molar-refractivity contribution is -0.143. The van der Waals surface area contributed by atoms with Gasteiger partial charge in [0, 0.05) is 12.6 Å². The van der Waals surface area contributed by atoms with Gasteiger partial charge < -0.3 is 10.4 Å². The number of carboxylic acid groups (broad SMARTS) is 1. The lowest BCUT2D eigenvalue weighted by Gasteiger charge is -2.20. The lowest BCUT2D eigenvalue weighted by Crippen LogP contribution is -2.45. The molecule has 1 amide bonds. The first-order chi connectivity index (χ1) is 8.54. The van der Waals surface area contributed by atoms with Gasteiger partial charge in [-0.25, -0.2) is 4.79 Å². The van der Waals surface area contributed by atoms with Crippen LogP contribution in [0.15, 0.2) is 12.4 Å². The fraction of sp³-hybridized carbons (Fsp3) is 0.636. The zero-order valence-corrected chi connectivity index (χ0v) is 10.5. The molecule has 0 fully saturated rings. The molecule has 0 spiro atoms. The Balaban J connectivity index is 2.44. The molecule has 0 radical (unpaired) electrons. The van der Waals surface area contributed by atoms with Crippen LogP contribution in [0.5, 0.6) is 0 Å². The number of aryl methyl sites for hydroxylation is 1. The second-order valence-electron chi connectivity index (χ2n) is 4.19. The molecule has 7 nitrogen and oxygen atoms in total. The topological polar surface area (TPSA) is 97.1 Å². The molecule has 7 heteroatoms. The summed E-state index contributed by atoms with van der Waals surface area (Å²) >= 11 is 0. The Bertz CT molecular complexity index is 391. The Morgan fingerprint density at radius 3 is 2.72 bits per heavy atom. The van der Waals surface area contributed by atoms with Gasteiger partial charge in [0.05, 0.1) is 12.7 Å². The van der Waals surface area contributed by atoms with Gasteiger partial charge in [-0.15, -0.1) is 5.10 Å². The third-order valence-corrected chi connectivity index (χ3v) is 2.84. The van der Waals surface area contributed by atoms with Gasteiger partial charge in [-0.05, 0) is 5.92 Å². The van der Waals surface area contributed by atoms with Gasteiger partial charge in [0.25, 0.3) is 0 Å². The number of amides is 1. The first kappa shape index (κ1) is 14.1. The molecule has 1 heterocycles. The maximum Gasteiger partial charge on any atom is 0.326 e. The highest BCUT2D eigenvalue weighted by molar-refractivity contribution is 5.83. The number of hydrogen-bond donors (Lipinski definition) is 2. The molecule has 0 aromatic carbocycles. The van der Waals surface area contributed by atoms with Crippen molar-refractivity contribution < 1.29 is 14.7 Å². The molecular weight excluding hydrogens is 236 g/mol. The summed E-state index contributed by atoms with van der Waals surface area (Å²) in [6.45, 7) is 4.08. The third kappa shape index (κ3) is 4.15. The first-order valence-electron chi connectivity index (χ1n) is 5.90. The molecule has 18 heavy (non-hydrogen) atoms. The Kier molecular flexibility index (Phi) is 5.29. The number of hydrogen-bond acceptors (Lipinski definition) is 4. The average molecular weight is 254 g/mol. The van der Waals surface area contributed by atoms with Gasteiger partial charge in [-0.1, -0.05) is 25.5 Å². The van der Waals surface area contributed by atoms with Crippen molar-refractivity contribution >= 4 is 11.9 Å². The SMILES string of the molecule is CCC(C)C(NC(=O)CCn1ccnn1)C(=O)O. The number of carbonyl (C=O) groups excluding carboxylic acids is 1.